The summed E-state index contributed by atoms with van der Waals surface area (Å²) in [5, 5.41) is 6.01. The second-order valence-corrected chi connectivity index (χ2v) is 4.63. The Hall–Kier alpha value is -2.16. The van der Waals surface area contributed by atoms with Gasteiger partial charge in [0.05, 0.1) is 13.2 Å². The predicted molar refractivity (Wildman–Crippen MR) is 79.3 cm³/mol. The maximum absolute atomic E-state index is 10.7. The highest BCUT2D eigenvalue weighted by molar-refractivity contribution is 5.73. The van der Waals surface area contributed by atoms with Crippen LogP contribution in [-0.4, -0.2) is 60.8 Å². The zero-order valence-electron chi connectivity index (χ0n) is 12.1. The third kappa shape index (κ3) is 4.71. The largest absolute Gasteiger partial charge is 0.378 e. The molecule has 0 radical (unpaired) electrons. The van der Waals surface area contributed by atoms with Gasteiger partial charge in [-0.3, -0.25) is 4.79 Å². The molecule has 21 heavy (non-hydrogen) atoms. The SMILES string of the molecule is CNc1nc(NCCCC(N)=O)nc(N2CCOCC2)n1. The Morgan fingerprint density at radius 3 is 2.67 bits per heavy atom. The van der Waals surface area contributed by atoms with Crippen molar-refractivity contribution in [3.8, 4) is 0 Å². The zero-order chi connectivity index (χ0) is 15.1. The quantitative estimate of drug-likeness (QED) is 0.572. The van der Waals surface area contributed by atoms with Crippen molar-refractivity contribution in [2.24, 2.45) is 5.73 Å². The van der Waals surface area contributed by atoms with Crippen molar-refractivity contribution >= 4 is 23.8 Å². The van der Waals surface area contributed by atoms with Crippen molar-refractivity contribution < 1.29 is 9.53 Å². The molecule has 0 unspecified atom stereocenters. The summed E-state index contributed by atoms with van der Waals surface area (Å²) in [5.41, 5.74) is 5.10. The second-order valence-electron chi connectivity index (χ2n) is 4.63. The molecule has 1 aromatic heterocycles. The minimum Gasteiger partial charge on any atom is -0.378 e. The first-order chi connectivity index (χ1) is 10.2. The fraction of sp³-hybridized carbons (Fsp3) is 0.667. The first-order valence-corrected chi connectivity index (χ1v) is 6.97. The molecular weight excluding hydrogens is 274 g/mol. The molecule has 0 aliphatic carbocycles. The standard InChI is InChI=1S/C12H21N7O2/c1-14-10-16-11(15-4-2-3-9(13)20)18-12(17-10)19-5-7-21-8-6-19/h2-8H2,1H3,(H2,13,20)(H2,14,15,16,17,18). The highest BCUT2D eigenvalue weighted by Gasteiger charge is 2.16. The average molecular weight is 295 g/mol. The molecule has 2 heterocycles. The number of nitrogens with one attached hydrogen (secondary N) is 2. The number of hydrogen-bond donors (Lipinski definition) is 3. The van der Waals surface area contributed by atoms with Crippen LogP contribution in [0.3, 0.4) is 0 Å². The Labute approximate surface area is 123 Å². The van der Waals surface area contributed by atoms with Crippen LogP contribution in [0.4, 0.5) is 17.8 Å². The van der Waals surface area contributed by atoms with Crippen molar-refractivity contribution in [1.82, 2.24) is 15.0 Å². The monoisotopic (exact) mass is 295 g/mol. The van der Waals surface area contributed by atoms with Crippen LogP contribution in [0.2, 0.25) is 0 Å². The molecular formula is C12H21N7O2. The van der Waals surface area contributed by atoms with E-state index in [0.717, 1.165) is 13.1 Å². The van der Waals surface area contributed by atoms with E-state index in [4.69, 9.17) is 10.5 Å². The third-order valence-corrected chi connectivity index (χ3v) is 3.02. The molecule has 1 aromatic rings. The Bertz CT molecular complexity index is 477. The minimum atomic E-state index is -0.308. The third-order valence-electron chi connectivity index (χ3n) is 3.02. The van der Waals surface area contributed by atoms with E-state index in [9.17, 15) is 4.79 Å². The number of aromatic nitrogens is 3. The molecule has 9 heteroatoms. The van der Waals surface area contributed by atoms with Gasteiger partial charge >= 0.3 is 0 Å². The Kier molecular flexibility index (Phi) is 5.50. The van der Waals surface area contributed by atoms with Gasteiger partial charge in [-0.15, -0.1) is 0 Å². The lowest BCUT2D eigenvalue weighted by Crippen LogP contribution is -2.37. The Balaban J connectivity index is 2.00. The minimum absolute atomic E-state index is 0.308. The van der Waals surface area contributed by atoms with Crippen LogP contribution in [0.1, 0.15) is 12.8 Å². The first kappa shape index (κ1) is 15.2. The van der Waals surface area contributed by atoms with E-state index in [2.05, 4.69) is 30.5 Å². The predicted octanol–water partition coefficient (Wildman–Crippen LogP) is -0.573. The summed E-state index contributed by atoms with van der Waals surface area (Å²) >= 11 is 0. The summed E-state index contributed by atoms with van der Waals surface area (Å²) in [4.78, 5) is 25.8. The van der Waals surface area contributed by atoms with Crippen LogP contribution in [-0.2, 0) is 9.53 Å². The summed E-state index contributed by atoms with van der Waals surface area (Å²) in [5.74, 6) is 1.30. The molecule has 1 saturated heterocycles. The summed E-state index contributed by atoms with van der Waals surface area (Å²) in [6, 6.07) is 0. The lowest BCUT2D eigenvalue weighted by molar-refractivity contribution is -0.118. The van der Waals surface area contributed by atoms with E-state index in [1.807, 2.05) is 0 Å². The molecule has 0 bridgehead atoms. The molecule has 0 aromatic carbocycles. The maximum atomic E-state index is 10.7. The highest BCUT2D eigenvalue weighted by atomic mass is 16.5. The number of hydrogen-bond acceptors (Lipinski definition) is 8. The van der Waals surface area contributed by atoms with Crippen molar-refractivity contribution in [2.75, 3.05) is 55.4 Å². The van der Waals surface area contributed by atoms with Gasteiger partial charge in [0.2, 0.25) is 23.8 Å². The van der Waals surface area contributed by atoms with Gasteiger partial charge in [0.25, 0.3) is 0 Å². The summed E-state index contributed by atoms with van der Waals surface area (Å²) in [7, 11) is 1.76. The van der Waals surface area contributed by atoms with E-state index >= 15 is 0 Å². The average Bonchev–Trinajstić information content (AvgIpc) is 2.52. The van der Waals surface area contributed by atoms with E-state index < -0.39 is 0 Å². The number of amides is 1. The second kappa shape index (κ2) is 7.58. The summed E-state index contributed by atoms with van der Waals surface area (Å²) in [6.45, 7) is 3.44. The molecule has 1 aliphatic rings. The van der Waals surface area contributed by atoms with E-state index in [1.54, 1.807) is 7.05 Å². The van der Waals surface area contributed by atoms with Gasteiger partial charge in [-0.1, -0.05) is 0 Å². The summed E-state index contributed by atoms with van der Waals surface area (Å²) < 4.78 is 5.32. The smallest absolute Gasteiger partial charge is 0.232 e. The van der Waals surface area contributed by atoms with Crippen molar-refractivity contribution in [2.45, 2.75) is 12.8 Å². The molecule has 1 fully saturated rings. The molecule has 0 atom stereocenters. The molecule has 0 saturated carbocycles. The van der Waals surface area contributed by atoms with Gasteiger partial charge in [-0.05, 0) is 6.42 Å². The molecule has 2 rings (SSSR count). The molecule has 1 amide bonds. The Morgan fingerprint density at radius 2 is 2.00 bits per heavy atom. The number of ether oxygens (including phenoxy) is 1. The van der Waals surface area contributed by atoms with Crippen LogP contribution >= 0.6 is 0 Å². The van der Waals surface area contributed by atoms with Gasteiger partial charge in [0.1, 0.15) is 0 Å². The van der Waals surface area contributed by atoms with Crippen LogP contribution in [0.15, 0.2) is 0 Å². The van der Waals surface area contributed by atoms with Crippen LogP contribution in [0.5, 0.6) is 0 Å². The fourth-order valence-corrected chi connectivity index (χ4v) is 1.92. The number of nitrogens with two attached hydrogens (primary N) is 1. The lowest BCUT2D eigenvalue weighted by Gasteiger charge is -2.27. The van der Waals surface area contributed by atoms with E-state index in [0.29, 0.717) is 50.4 Å². The van der Waals surface area contributed by atoms with E-state index in [-0.39, 0.29) is 5.91 Å². The number of carbonyl (C=O) groups is 1. The number of morpholine rings is 1. The highest BCUT2D eigenvalue weighted by Crippen LogP contribution is 2.14. The molecule has 4 N–H and O–H groups in total. The number of carbonyl (C=O) groups excluding carboxylic acids is 1. The first-order valence-electron chi connectivity index (χ1n) is 6.97. The zero-order valence-corrected chi connectivity index (χ0v) is 12.1. The Morgan fingerprint density at radius 1 is 1.29 bits per heavy atom. The number of primary amides is 1. The van der Waals surface area contributed by atoms with Crippen molar-refractivity contribution in [3.63, 3.8) is 0 Å². The molecule has 9 nitrogen and oxygen atoms in total. The van der Waals surface area contributed by atoms with Gasteiger partial charge in [-0.25, -0.2) is 0 Å². The van der Waals surface area contributed by atoms with Crippen LogP contribution in [0, 0.1) is 0 Å². The van der Waals surface area contributed by atoms with Gasteiger partial charge in [-0.2, -0.15) is 15.0 Å². The number of anilines is 3. The van der Waals surface area contributed by atoms with Crippen molar-refractivity contribution in [3.05, 3.63) is 0 Å². The topological polar surface area (TPSA) is 118 Å². The number of rotatable bonds is 7. The number of nitrogens with zero attached hydrogens (tertiary/aromatic N) is 4. The fourth-order valence-electron chi connectivity index (χ4n) is 1.92. The lowest BCUT2D eigenvalue weighted by atomic mass is 10.3. The maximum Gasteiger partial charge on any atom is 0.232 e. The van der Waals surface area contributed by atoms with E-state index in [1.165, 1.54) is 0 Å². The summed E-state index contributed by atoms with van der Waals surface area (Å²) in [6.07, 6.45) is 0.982. The van der Waals surface area contributed by atoms with Gasteiger partial charge in [0.15, 0.2) is 0 Å². The molecule has 1 aliphatic heterocycles. The molecule has 116 valence electrons. The van der Waals surface area contributed by atoms with Crippen LogP contribution in [0.25, 0.3) is 0 Å². The van der Waals surface area contributed by atoms with Crippen LogP contribution < -0.4 is 21.3 Å². The van der Waals surface area contributed by atoms with Crippen molar-refractivity contribution in [1.29, 1.82) is 0 Å². The normalized spacial score (nSPS) is 14.8. The van der Waals surface area contributed by atoms with Gasteiger partial charge in [0, 0.05) is 33.1 Å². The van der Waals surface area contributed by atoms with Gasteiger partial charge < -0.3 is 26.0 Å². The molecule has 0 spiro atoms.